The van der Waals surface area contributed by atoms with Gasteiger partial charge in [-0.3, -0.25) is 0 Å². The maximum absolute atomic E-state index is 4.30. The molecule has 1 aromatic carbocycles. The van der Waals surface area contributed by atoms with Crippen molar-refractivity contribution in [2.45, 2.75) is 19.8 Å². The van der Waals surface area contributed by atoms with Crippen molar-refractivity contribution in [3.05, 3.63) is 35.4 Å². The Balaban J connectivity index is 2.24. The minimum absolute atomic E-state index is 1.01. The lowest BCUT2D eigenvalue weighted by Gasteiger charge is -2.12. The largest absolute Gasteiger partial charge is 0.310 e. The van der Waals surface area contributed by atoms with E-state index < -0.39 is 0 Å². The molecular formula is C11H14N2. The number of aryl methyl sites for hydroxylation is 1. The van der Waals surface area contributed by atoms with Crippen molar-refractivity contribution in [3.8, 4) is 0 Å². The van der Waals surface area contributed by atoms with Crippen LogP contribution in [0, 0.1) is 6.92 Å². The molecule has 0 atom stereocenters. The van der Waals surface area contributed by atoms with Gasteiger partial charge in [0.05, 0.1) is 5.71 Å². The van der Waals surface area contributed by atoms with E-state index in [1.54, 1.807) is 0 Å². The average molecular weight is 174 g/mol. The minimum Gasteiger partial charge on any atom is -0.310 e. The molecule has 0 saturated heterocycles. The van der Waals surface area contributed by atoms with Gasteiger partial charge in [-0.2, -0.15) is 5.10 Å². The van der Waals surface area contributed by atoms with E-state index in [1.165, 1.54) is 23.3 Å². The van der Waals surface area contributed by atoms with Crippen molar-refractivity contribution in [1.29, 1.82) is 0 Å². The molecule has 0 spiro atoms. The predicted molar refractivity (Wildman–Crippen MR) is 55.0 cm³/mol. The van der Waals surface area contributed by atoms with E-state index >= 15 is 0 Å². The van der Waals surface area contributed by atoms with Crippen LogP contribution in [0.4, 0.5) is 0 Å². The summed E-state index contributed by atoms with van der Waals surface area (Å²) in [7, 11) is 0. The molecule has 1 aliphatic rings. The van der Waals surface area contributed by atoms with Crippen LogP contribution in [-0.4, -0.2) is 12.3 Å². The third-order valence-corrected chi connectivity index (χ3v) is 2.30. The smallest absolute Gasteiger partial charge is 0.0675 e. The van der Waals surface area contributed by atoms with Crippen molar-refractivity contribution in [1.82, 2.24) is 5.43 Å². The summed E-state index contributed by atoms with van der Waals surface area (Å²) in [5.41, 5.74) is 6.77. The molecule has 2 rings (SSSR count). The van der Waals surface area contributed by atoms with Crippen molar-refractivity contribution in [3.63, 3.8) is 0 Å². The van der Waals surface area contributed by atoms with Crippen LogP contribution in [-0.2, 0) is 0 Å². The Hall–Kier alpha value is -1.31. The molecule has 1 N–H and O–H groups in total. The molecule has 1 aromatic rings. The Morgan fingerprint density at radius 1 is 1.23 bits per heavy atom. The third-order valence-electron chi connectivity index (χ3n) is 2.30. The molecule has 0 bridgehead atoms. The highest BCUT2D eigenvalue weighted by Crippen LogP contribution is 2.10. The zero-order valence-electron chi connectivity index (χ0n) is 7.88. The lowest BCUT2D eigenvalue weighted by Crippen LogP contribution is -2.19. The van der Waals surface area contributed by atoms with E-state index in [0.29, 0.717) is 0 Å². The van der Waals surface area contributed by atoms with Crippen LogP contribution in [0.25, 0.3) is 0 Å². The second-order valence-corrected chi connectivity index (χ2v) is 3.44. The summed E-state index contributed by atoms with van der Waals surface area (Å²) < 4.78 is 0. The van der Waals surface area contributed by atoms with E-state index in [1.807, 2.05) is 0 Å². The van der Waals surface area contributed by atoms with Crippen LogP contribution in [0.5, 0.6) is 0 Å². The predicted octanol–water partition coefficient (Wildman–Crippen LogP) is 2.08. The molecule has 1 aliphatic heterocycles. The molecule has 0 unspecified atom stereocenters. The molecule has 13 heavy (non-hydrogen) atoms. The monoisotopic (exact) mass is 174 g/mol. The SMILES string of the molecule is Cc1ccc(C2=NNCCC2)cc1. The van der Waals surface area contributed by atoms with Gasteiger partial charge in [-0.25, -0.2) is 0 Å². The number of hydrogen-bond donors (Lipinski definition) is 1. The van der Waals surface area contributed by atoms with Crippen LogP contribution >= 0.6 is 0 Å². The van der Waals surface area contributed by atoms with Gasteiger partial charge >= 0.3 is 0 Å². The second-order valence-electron chi connectivity index (χ2n) is 3.44. The Bertz CT molecular complexity index is 311. The molecule has 0 amide bonds. The van der Waals surface area contributed by atoms with Gasteiger partial charge in [0.25, 0.3) is 0 Å². The highest BCUT2D eigenvalue weighted by molar-refractivity contribution is 6.00. The summed E-state index contributed by atoms with van der Waals surface area (Å²) in [5.74, 6) is 0. The van der Waals surface area contributed by atoms with Gasteiger partial charge in [0.1, 0.15) is 0 Å². The van der Waals surface area contributed by atoms with Gasteiger partial charge in [0, 0.05) is 6.54 Å². The van der Waals surface area contributed by atoms with Gasteiger partial charge in [-0.1, -0.05) is 29.8 Å². The lowest BCUT2D eigenvalue weighted by molar-refractivity contribution is 0.662. The molecule has 0 fully saturated rings. The van der Waals surface area contributed by atoms with Gasteiger partial charge in [0.2, 0.25) is 0 Å². The summed E-state index contributed by atoms with van der Waals surface area (Å²) in [6.07, 6.45) is 2.28. The first-order valence-electron chi connectivity index (χ1n) is 4.73. The van der Waals surface area contributed by atoms with Crippen LogP contribution < -0.4 is 5.43 Å². The van der Waals surface area contributed by atoms with Crippen molar-refractivity contribution in [2.75, 3.05) is 6.54 Å². The summed E-state index contributed by atoms with van der Waals surface area (Å²) in [6, 6.07) is 8.54. The Morgan fingerprint density at radius 3 is 2.62 bits per heavy atom. The van der Waals surface area contributed by atoms with Gasteiger partial charge in [0.15, 0.2) is 0 Å². The van der Waals surface area contributed by atoms with E-state index in [2.05, 4.69) is 41.7 Å². The molecule has 2 heteroatoms. The minimum atomic E-state index is 1.01. The van der Waals surface area contributed by atoms with Crippen LogP contribution in [0.3, 0.4) is 0 Å². The molecule has 0 saturated carbocycles. The van der Waals surface area contributed by atoms with Crippen molar-refractivity contribution >= 4 is 5.71 Å². The Labute approximate surface area is 78.7 Å². The summed E-state index contributed by atoms with van der Waals surface area (Å²) in [4.78, 5) is 0. The average Bonchev–Trinajstić information content (AvgIpc) is 2.20. The van der Waals surface area contributed by atoms with Crippen molar-refractivity contribution in [2.24, 2.45) is 5.10 Å². The fourth-order valence-corrected chi connectivity index (χ4v) is 1.50. The van der Waals surface area contributed by atoms with E-state index in [4.69, 9.17) is 0 Å². The fraction of sp³-hybridized carbons (Fsp3) is 0.364. The normalized spacial score (nSPS) is 16.2. The molecular weight excluding hydrogens is 160 g/mol. The van der Waals surface area contributed by atoms with E-state index in [-0.39, 0.29) is 0 Å². The maximum atomic E-state index is 4.30. The number of hydrogen-bond acceptors (Lipinski definition) is 2. The number of benzene rings is 1. The topological polar surface area (TPSA) is 24.4 Å². The molecule has 0 radical (unpaired) electrons. The zero-order valence-corrected chi connectivity index (χ0v) is 7.88. The number of hydrazone groups is 1. The first-order valence-corrected chi connectivity index (χ1v) is 4.73. The summed E-state index contributed by atoms with van der Waals surface area (Å²) in [5, 5.41) is 4.30. The molecule has 0 aliphatic carbocycles. The van der Waals surface area contributed by atoms with Gasteiger partial charge in [-0.15, -0.1) is 0 Å². The van der Waals surface area contributed by atoms with Crippen molar-refractivity contribution < 1.29 is 0 Å². The van der Waals surface area contributed by atoms with Gasteiger partial charge < -0.3 is 5.43 Å². The zero-order chi connectivity index (χ0) is 9.10. The molecule has 2 nitrogen and oxygen atoms in total. The van der Waals surface area contributed by atoms with E-state index in [0.717, 1.165) is 13.0 Å². The summed E-state index contributed by atoms with van der Waals surface area (Å²) in [6.45, 7) is 3.11. The summed E-state index contributed by atoms with van der Waals surface area (Å²) >= 11 is 0. The quantitative estimate of drug-likeness (QED) is 0.692. The molecule has 1 heterocycles. The lowest BCUT2D eigenvalue weighted by atomic mass is 10.0. The number of rotatable bonds is 1. The Kier molecular flexibility index (Phi) is 2.30. The fourth-order valence-electron chi connectivity index (χ4n) is 1.50. The second kappa shape index (κ2) is 3.60. The number of nitrogens with one attached hydrogen (secondary N) is 1. The van der Waals surface area contributed by atoms with Gasteiger partial charge in [-0.05, 0) is 25.3 Å². The Morgan fingerprint density at radius 2 is 2.00 bits per heavy atom. The highest BCUT2D eigenvalue weighted by atomic mass is 15.3. The first-order chi connectivity index (χ1) is 6.36. The molecule has 68 valence electrons. The van der Waals surface area contributed by atoms with Crippen LogP contribution in [0.2, 0.25) is 0 Å². The standard InChI is InChI=1S/C11H14N2/c1-9-4-6-10(7-5-9)11-3-2-8-12-13-11/h4-7,12H,2-3,8H2,1H3. The third kappa shape index (κ3) is 1.89. The van der Waals surface area contributed by atoms with Crippen LogP contribution in [0.1, 0.15) is 24.0 Å². The highest BCUT2D eigenvalue weighted by Gasteiger charge is 2.06. The maximum Gasteiger partial charge on any atom is 0.0675 e. The van der Waals surface area contributed by atoms with Crippen LogP contribution in [0.15, 0.2) is 29.4 Å². The molecule has 0 aromatic heterocycles. The van der Waals surface area contributed by atoms with E-state index in [9.17, 15) is 0 Å². The first kappa shape index (κ1) is 8.30. The number of nitrogens with zero attached hydrogens (tertiary/aromatic N) is 1.